The first-order valence-electron chi connectivity index (χ1n) is 10.4. The third kappa shape index (κ3) is 4.37. The standard InChI is InChI=1S/C26H28N2O3/c1-29-20-15-23(30-2)25(24(16-20)31-3)26(18-9-5-4-6-10-18)27-14-13-19-17-28-22-12-8-7-11-21(19)22/h4-12,15-17,26-28H,13-14H2,1-3H3. The average Bonchev–Trinajstić information content (AvgIpc) is 3.25. The van der Waals surface area contributed by atoms with Gasteiger partial charge in [-0.1, -0.05) is 48.5 Å². The van der Waals surface area contributed by atoms with Crippen molar-refractivity contribution in [2.45, 2.75) is 12.5 Å². The van der Waals surface area contributed by atoms with Gasteiger partial charge in [0, 0.05) is 35.8 Å². The SMILES string of the molecule is COc1cc(OC)c(C(NCCc2c[nH]c3ccccc23)c2ccccc2)c(OC)c1. The van der Waals surface area contributed by atoms with Crippen LogP contribution in [0.2, 0.25) is 0 Å². The predicted molar refractivity (Wildman–Crippen MR) is 124 cm³/mol. The van der Waals surface area contributed by atoms with E-state index in [4.69, 9.17) is 14.2 Å². The van der Waals surface area contributed by atoms with Crippen LogP contribution in [0.4, 0.5) is 0 Å². The van der Waals surface area contributed by atoms with E-state index in [2.05, 4.69) is 52.9 Å². The van der Waals surface area contributed by atoms with E-state index in [-0.39, 0.29) is 6.04 Å². The molecular formula is C26H28N2O3. The largest absolute Gasteiger partial charge is 0.496 e. The maximum atomic E-state index is 5.74. The number of rotatable bonds is 9. The lowest BCUT2D eigenvalue weighted by Gasteiger charge is -2.24. The summed E-state index contributed by atoms with van der Waals surface area (Å²) < 4.78 is 16.9. The number of fused-ring (bicyclic) bond motifs is 1. The molecule has 0 saturated heterocycles. The fourth-order valence-corrected chi connectivity index (χ4v) is 4.04. The Morgan fingerprint density at radius 1 is 0.839 bits per heavy atom. The van der Waals surface area contributed by atoms with Crippen molar-refractivity contribution in [1.29, 1.82) is 0 Å². The summed E-state index contributed by atoms with van der Waals surface area (Å²) in [4.78, 5) is 3.36. The molecule has 0 amide bonds. The first-order valence-corrected chi connectivity index (χ1v) is 10.4. The summed E-state index contributed by atoms with van der Waals surface area (Å²) in [5.41, 5.74) is 4.55. The smallest absolute Gasteiger partial charge is 0.131 e. The van der Waals surface area contributed by atoms with Gasteiger partial charge in [-0.25, -0.2) is 0 Å². The monoisotopic (exact) mass is 416 g/mol. The molecule has 0 bridgehead atoms. The number of aromatic amines is 1. The molecule has 0 saturated carbocycles. The first-order chi connectivity index (χ1) is 15.2. The minimum atomic E-state index is -0.0952. The Morgan fingerprint density at radius 3 is 2.19 bits per heavy atom. The molecule has 1 aromatic heterocycles. The third-order valence-corrected chi connectivity index (χ3v) is 5.59. The summed E-state index contributed by atoms with van der Waals surface area (Å²) in [6, 6.07) is 22.4. The highest BCUT2D eigenvalue weighted by molar-refractivity contribution is 5.83. The van der Waals surface area contributed by atoms with Crippen molar-refractivity contribution in [3.8, 4) is 17.2 Å². The number of methoxy groups -OCH3 is 3. The molecule has 3 aromatic carbocycles. The summed E-state index contributed by atoms with van der Waals surface area (Å²) in [5, 5.41) is 4.99. The van der Waals surface area contributed by atoms with Crippen LogP contribution in [0.3, 0.4) is 0 Å². The minimum absolute atomic E-state index is 0.0952. The number of hydrogen-bond donors (Lipinski definition) is 2. The molecule has 31 heavy (non-hydrogen) atoms. The molecule has 1 unspecified atom stereocenters. The van der Waals surface area contributed by atoms with Crippen molar-refractivity contribution < 1.29 is 14.2 Å². The number of aromatic nitrogens is 1. The quantitative estimate of drug-likeness (QED) is 0.398. The summed E-state index contributed by atoms with van der Waals surface area (Å²) in [6.07, 6.45) is 2.99. The zero-order valence-electron chi connectivity index (χ0n) is 18.1. The molecular weight excluding hydrogens is 388 g/mol. The van der Waals surface area contributed by atoms with Crippen LogP contribution in [0, 0.1) is 0 Å². The Balaban J connectivity index is 1.66. The van der Waals surface area contributed by atoms with E-state index in [9.17, 15) is 0 Å². The van der Waals surface area contributed by atoms with Crippen LogP contribution in [-0.2, 0) is 6.42 Å². The normalized spacial score (nSPS) is 12.0. The fraction of sp³-hybridized carbons (Fsp3) is 0.231. The Kier molecular flexibility index (Phi) is 6.43. The zero-order chi connectivity index (χ0) is 21.6. The van der Waals surface area contributed by atoms with Crippen LogP contribution in [0.5, 0.6) is 17.2 Å². The van der Waals surface area contributed by atoms with E-state index in [1.807, 2.05) is 30.3 Å². The van der Waals surface area contributed by atoms with Gasteiger partial charge in [0.05, 0.1) is 32.9 Å². The molecule has 1 heterocycles. The molecule has 2 N–H and O–H groups in total. The summed E-state index contributed by atoms with van der Waals surface area (Å²) in [5.74, 6) is 2.15. The van der Waals surface area contributed by atoms with Gasteiger partial charge in [0.25, 0.3) is 0 Å². The summed E-state index contributed by atoms with van der Waals surface area (Å²) in [7, 11) is 4.99. The highest BCUT2D eigenvalue weighted by Crippen LogP contribution is 2.40. The third-order valence-electron chi connectivity index (χ3n) is 5.59. The molecule has 0 radical (unpaired) electrons. The van der Waals surface area contributed by atoms with Gasteiger partial charge in [0.15, 0.2) is 0 Å². The maximum absolute atomic E-state index is 5.74. The van der Waals surface area contributed by atoms with Crippen molar-refractivity contribution in [3.63, 3.8) is 0 Å². The predicted octanol–water partition coefficient (Wildman–Crippen LogP) is 5.12. The van der Waals surface area contributed by atoms with E-state index < -0.39 is 0 Å². The highest BCUT2D eigenvalue weighted by Gasteiger charge is 2.24. The van der Waals surface area contributed by atoms with Crippen molar-refractivity contribution >= 4 is 10.9 Å². The second-order valence-corrected chi connectivity index (χ2v) is 7.35. The molecule has 0 aliphatic heterocycles. The number of H-pyrrole nitrogens is 1. The number of benzene rings is 3. The molecule has 160 valence electrons. The lowest BCUT2D eigenvalue weighted by atomic mass is 9.96. The van der Waals surface area contributed by atoms with Crippen molar-refractivity contribution in [3.05, 3.63) is 89.6 Å². The zero-order valence-corrected chi connectivity index (χ0v) is 18.1. The van der Waals surface area contributed by atoms with E-state index in [1.54, 1.807) is 21.3 Å². The molecule has 5 nitrogen and oxygen atoms in total. The van der Waals surface area contributed by atoms with E-state index in [0.29, 0.717) is 5.75 Å². The Morgan fingerprint density at radius 2 is 1.52 bits per heavy atom. The van der Waals surface area contributed by atoms with Gasteiger partial charge in [-0.3, -0.25) is 0 Å². The van der Waals surface area contributed by atoms with Gasteiger partial charge in [-0.15, -0.1) is 0 Å². The molecule has 4 aromatic rings. The van der Waals surface area contributed by atoms with E-state index in [0.717, 1.165) is 41.1 Å². The van der Waals surface area contributed by atoms with E-state index in [1.165, 1.54) is 10.9 Å². The number of nitrogens with one attached hydrogen (secondary N) is 2. The Hall–Kier alpha value is -3.44. The van der Waals surface area contributed by atoms with Gasteiger partial charge in [0.1, 0.15) is 17.2 Å². The number of hydrogen-bond acceptors (Lipinski definition) is 4. The highest BCUT2D eigenvalue weighted by atomic mass is 16.5. The number of ether oxygens (including phenoxy) is 3. The molecule has 0 spiro atoms. The van der Waals surface area contributed by atoms with Gasteiger partial charge in [0.2, 0.25) is 0 Å². The van der Waals surface area contributed by atoms with Crippen molar-refractivity contribution in [1.82, 2.24) is 10.3 Å². The van der Waals surface area contributed by atoms with Gasteiger partial charge in [-0.05, 0) is 23.6 Å². The number of para-hydroxylation sites is 1. The molecule has 5 heteroatoms. The second-order valence-electron chi connectivity index (χ2n) is 7.35. The van der Waals surface area contributed by atoms with Gasteiger partial charge < -0.3 is 24.5 Å². The lowest BCUT2D eigenvalue weighted by molar-refractivity contribution is 0.362. The summed E-state index contributed by atoms with van der Waals surface area (Å²) in [6.45, 7) is 0.791. The van der Waals surface area contributed by atoms with Crippen LogP contribution >= 0.6 is 0 Å². The van der Waals surface area contributed by atoms with Crippen LogP contribution in [0.15, 0.2) is 72.9 Å². The van der Waals surface area contributed by atoms with Crippen LogP contribution in [0.25, 0.3) is 10.9 Å². The Bertz CT molecular complexity index is 1110. The van der Waals surface area contributed by atoms with Crippen LogP contribution in [-0.4, -0.2) is 32.9 Å². The average molecular weight is 417 g/mol. The van der Waals surface area contributed by atoms with E-state index >= 15 is 0 Å². The molecule has 4 rings (SSSR count). The fourth-order valence-electron chi connectivity index (χ4n) is 4.04. The molecule has 0 aliphatic carbocycles. The molecule has 1 atom stereocenters. The lowest BCUT2D eigenvalue weighted by Crippen LogP contribution is -2.25. The molecule has 0 fully saturated rings. The van der Waals surface area contributed by atoms with Crippen molar-refractivity contribution in [2.75, 3.05) is 27.9 Å². The Labute approximate surface area is 183 Å². The first kappa shape index (κ1) is 20.8. The van der Waals surface area contributed by atoms with Gasteiger partial charge >= 0.3 is 0 Å². The van der Waals surface area contributed by atoms with Gasteiger partial charge in [-0.2, -0.15) is 0 Å². The van der Waals surface area contributed by atoms with Crippen LogP contribution < -0.4 is 19.5 Å². The molecule has 0 aliphatic rings. The maximum Gasteiger partial charge on any atom is 0.131 e. The summed E-state index contributed by atoms with van der Waals surface area (Å²) >= 11 is 0. The second kappa shape index (κ2) is 9.58. The van der Waals surface area contributed by atoms with Crippen LogP contribution in [0.1, 0.15) is 22.7 Å². The topological polar surface area (TPSA) is 55.5 Å². The van der Waals surface area contributed by atoms with Crippen molar-refractivity contribution in [2.24, 2.45) is 0 Å². The minimum Gasteiger partial charge on any atom is -0.496 e.